The van der Waals surface area contributed by atoms with E-state index in [4.69, 9.17) is 11.5 Å². The van der Waals surface area contributed by atoms with Crippen molar-refractivity contribution < 1.29 is 4.79 Å². The standard InChI is InChI=1S/C13H21N5O/c1-4-16-13(15)17-11-5-6-12(10(7-11)8-14)18(3)9(2)19/h5-7H,4,8,14H2,1-3H3,(H3,15,16,17). The van der Waals surface area contributed by atoms with E-state index in [1.165, 1.54) is 6.92 Å². The van der Waals surface area contributed by atoms with Gasteiger partial charge in [-0.2, -0.15) is 0 Å². The zero-order valence-electron chi connectivity index (χ0n) is 11.6. The fourth-order valence-corrected chi connectivity index (χ4v) is 1.68. The minimum atomic E-state index is -0.0394. The normalized spacial score (nSPS) is 11.3. The summed E-state index contributed by atoms with van der Waals surface area (Å²) >= 11 is 0. The first-order valence-electron chi connectivity index (χ1n) is 6.13. The number of amides is 1. The average molecular weight is 263 g/mol. The van der Waals surface area contributed by atoms with Gasteiger partial charge in [0.1, 0.15) is 0 Å². The van der Waals surface area contributed by atoms with E-state index in [2.05, 4.69) is 10.3 Å². The Hall–Kier alpha value is -2.08. The van der Waals surface area contributed by atoms with Gasteiger partial charge in [-0.05, 0) is 30.7 Å². The molecule has 0 saturated carbocycles. The Labute approximate surface area is 113 Å². The van der Waals surface area contributed by atoms with Gasteiger partial charge >= 0.3 is 0 Å². The van der Waals surface area contributed by atoms with Gasteiger partial charge in [0.15, 0.2) is 5.96 Å². The summed E-state index contributed by atoms with van der Waals surface area (Å²) in [5.74, 6) is 0.320. The van der Waals surface area contributed by atoms with E-state index < -0.39 is 0 Å². The number of carbonyl (C=O) groups is 1. The number of anilines is 2. The van der Waals surface area contributed by atoms with E-state index in [9.17, 15) is 4.79 Å². The Morgan fingerprint density at radius 1 is 1.47 bits per heavy atom. The van der Waals surface area contributed by atoms with E-state index in [1.807, 2.05) is 25.1 Å². The number of benzene rings is 1. The van der Waals surface area contributed by atoms with Crippen LogP contribution in [-0.2, 0) is 11.3 Å². The summed E-state index contributed by atoms with van der Waals surface area (Å²) < 4.78 is 0. The molecular formula is C13H21N5O. The van der Waals surface area contributed by atoms with Gasteiger partial charge in [0, 0.05) is 38.4 Å². The van der Waals surface area contributed by atoms with Gasteiger partial charge in [-0.15, -0.1) is 0 Å². The maximum atomic E-state index is 11.4. The molecule has 1 aromatic rings. The van der Waals surface area contributed by atoms with Crippen molar-refractivity contribution in [2.75, 3.05) is 23.8 Å². The van der Waals surface area contributed by atoms with Crippen molar-refractivity contribution in [1.29, 1.82) is 0 Å². The van der Waals surface area contributed by atoms with E-state index in [-0.39, 0.29) is 5.91 Å². The van der Waals surface area contributed by atoms with E-state index in [0.29, 0.717) is 19.0 Å². The molecule has 0 fully saturated rings. The largest absolute Gasteiger partial charge is 0.370 e. The molecule has 0 aliphatic heterocycles. The van der Waals surface area contributed by atoms with Gasteiger partial charge in [-0.1, -0.05) is 0 Å². The SMILES string of the molecule is CCN=C(N)Nc1ccc(N(C)C(C)=O)c(CN)c1. The number of guanidine groups is 1. The average Bonchev–Trinajstić information content (AvgIpc) is 2.37. The van der Waals surface area contributed by atoms with Gasteiger partial charge < -0.3 is 21.7 Å². The fraction of sp³-hybridized carbons (Fsp3) is 0.385. The lowest BCUT2D eigenvalue weighted by Gasteiger charge is -2.19. The summed E-state index contributed by atoms with van der Waals surface area (Å²) in [4.78, 5) is 17.0. The molecule has 1 rings (SSSR count). The highest BCUT2D eigenvalue weighted by molar-refractivity contribution is 5.94. The maximum absolute atomic E-state index is 11.4. The van der Waals surface area contributed by atoms with Crippen molar-refractivity contribution in [2.24, 2.45) is 16.5 Å². The first-order valence-corrected chi connectivity index (χ1v) is 6.13. The number of nitrogens with zero attached hydrogens (tertiary/aromatic N) is 2. The number of hydrogen-bond acceptors (Lipinski definition) is 3. The van der Waals surface area contributed by atoms with Crippen molar-refractivity contribution in [3.8, 4) is 0 Å². The number of rotatable bonds is 4. The van der Waals surface area contributed by atoms with Gasteiger partial charge in [-0.3, -0.25) is 9.79 Å². The summed E-state index contributed by atoms with van der Waals surface area (Å²) in [5.41, 5.74) is 13.9. The van der Waals surface area contributed by atoms with E-state index >= 15 is 0 Å². The lowest BCUT2D eigenvalue weighted by atomic mass is 10.1. The Bertz CT molecular complexity index is 484. The van der Waals surface area contributed by atoms with Crippen LogP contribution in [0.3, 0.4) is 0 Å². The summed E-state index contributed by atoms with van der Waals surface area (Å²) in [7, 11) is 1.72. The molecule has 0 atom stereocenters. The third-order valence-corrected chi connectivity index (χ3v) is 2.73. The molecule has 0 aliphatic rings. The Kier molecular flexibility index (Phi) is 5.32. The number of aliphatic imine (C=N–C) groups is 1. The maximum Gasteiger partial charge on any atom is 0.223 e. The third-order valence-electron chi connectivity index (χ3n) is 2.73. The molecule has 0 radical (unpaired) electrons. The van der Waals surface area contributed by atoms with Crippen LogP contribution in [0.1, 0.15) is 19.4 Å². The second-order valence-electron chi connectivity index (χ2n) is 4.11. The topological polar surface area (TPSA) is 96.7 Å². The second kappa shape index (κ2) is 6.75. The summed E-state index contributed by atoms with van der Waals surface area (Å²) in [6.07, 6.45) is 0. The van der Waals surface area contributed by atoms with Crippen molar-refractivity contribution in [3.63, 3.8) is 0 Å². The Morgan fingerprint density at radius 2 is 2.16 bits per heavy atom. The Morgan fingerprint density at radius 3 is 2.68 bits per heavy atom. The monoisotopic (exact) mass is 263 g/mol. The molecule has 0 heterocycles. The lowest BCUT2D eigenvalue weighted by molar-refractivity contribution is -0.116. The highest BCUT2D eigenvalue weighted by atomic mass is 16.2. The number of nitrogens with one attached hydrogen (secondary N) is 1. The summed E-state index contributed by atoms with van der Waals surface area (Å²) in [6.45, 7) is 4.38. The van der Waals surface area contributed by atoms with Gasteiger partial charge in [-0.25, -0.2) is 0 Å². The molecule has 1 aromatic carbocycles. The number of carbonyl (C=O) groups excluding carboxylic acids is 1. The van der Waals surface area contributed by atoms with Crippen LogP contribution in [0.15, 0.2) is 23.2 Å². The van der Waals surface area contributed by atoms with E-state index in [0.717, 1.165) is 16.9 Å². The molecule has 19 heavy (non-hydrogen) atoms. The first-order chi connectivity index (χ1) is 8.99. The fourth-order valence-electron chi connectivity index (χ4n) is 1.68. The predicted molar refractivity (Wildman–Crippen MR) is 79.2 cm³/mol. The molecule has 0 aliphatic carbocycles. The molecule has 6 nitrogen and oxygen atoms in total. The minimum Gasteiger partial charge on any atom is -0.370 e. The molecule has 0 bridgehead atoms. The van der Waals surface area contributed by atoms with E-state index in [1.54, 1.807) is 11.9 Å². The highest BCUT2D eigenvalue weighted by Crippen LogP contribution is 2.23. The smallest absolute Gasteiger partial charge is 0.223 e. The van der Waals surface area contributed by atoms with Crippen LogP contribution in [-0.4, -0.2) is 25.5 Å². The quantitative estimate of drug-likeness (QED) is 0.555. The molecule has 0 saturated heterocycles. The van der Waals surface area contributed by atoms with Crippen LogP contribution in [0.2, 0.25) is 0 Å². The van der Waals surface area contributed by atoms with Crippen molar-refractivity contribution in [2.45, 2.75) is 20.4 Å². The molecule has 104 valence electrons. The van der Waals surface area contributed by atoms with Gasteiger partial charge in [0.25, 0.3) is 0 Å². The second-order valence-corrected chi connectivity index (χ2v) is 4.11. The summed E-state index contributed by atoms with van der Waals surface area (Å²) in [6, 6.07) is 5.55. The molecule has 0 spiro atoms. The van der Waals surface area contributed by atoms with Crippen molar-refractivity contribution in [1.82, 2.24) is 0 Å². The van der Waals surface area contributed by atoms with Crippen molar-refractivity contribution >= 4 is 23.2 Å². The van der Waals surface area contributed by atoms with Crippen LogP contribution in [0.4, 0.5) is 11.4 Å². The zero-order chi connectivity index (χ0) is 14.4. The predicted octanol–water partition coefficient (Wildman–Crippen LogP) is 0.875. The Balaban J connectivity index is 3.02. The molecule has 6 heteroatoms. The molecule has 5 N–H and O–H groups in total. The zero-order valence-corrected chi connectivity index (χ0v) is 11.6. The van der Waals surface area contributed by atoms with Crippen LogP contribution >= 0.6 is 0 Å². The minimum absolute atomic E-state index is 0.0394. The van der Waals surface area contributed by atoms with Crippen LogP contribution < -0.4 is 21.7 Å². The van der Waals surface area contributed by atoms with Gasteiger partial charge in [0.2, 0.25) is 5.91 Å². The van der Waals surface area contributed by atoms with Crippen molar-refractivity contribution in [3.05, 3.63) is 23.8 Å². The molecule has 0 aromatic heterocycles. The van der Waals surface area contributed by atoms with Crippen LogP contribution in [0.5, 0.6) is 0 Å². The molecular weight excluding hydrogens is 242 g/mol. The summed E-state index contributed by atoms with van der Waals surface area (Å²) in [5, 5.41) is 2.98. The molecule has 0 unspecified atom stereocenters. The number of hydrogen-bond donors (Lipinski definition) is 3. The van der Waals surface area contributed by atoms with Crippen LogP contribution in [0.25, 0.3) is 0 Å². The highest BCUT2D eigenvalue weighted by Gasteiger charge is 2.10. The lowest BCUT2D eigenvalue weighted by Crippen LogP contribution is -2.25. The third kappa shape index (κ3) is 3.96. The van der Waals surface area contributed by atoms with Crippen LogP contribution in [0, 0.1) is 0 Å². The number of nitrogens with two attached hydrogens (primary N) is 2. The van der Waals surface area contributed by atoms with Gasteiger partial charge in [0.05, 0.1) is 0 Å². The molecule has 1 amide bonds. The first kappa shape index (κ1) is 15.0.